The van der Waals surface area contributed by atoms with Gasteiger partial charge in [-0.05, 0) is 49.2 Å². The zero-order valence-corrected chi connectivity index (χ0v) is 11.3. The fourth-order valence-electron chi connectivity index (χ4n) is 2.18. The Morgan fingerprint density at radius 1 is 0.950 bits per heavy atom. The average Bonchev–Trinajstić information content (AvgIpc) is 2.38. The molecule has 3 heteroatoms. The summed E-state index contributed by atoms with van der Waals surface area (Å²) >= 11 is 0. The molecule has 100 valence electrons. The first-order chi connectivity index (χ1) is 9.61. The zero-order valence-electron chi connectivity index (χ0n) is 11.3. The second-order valence-electron chi connectivity index (χ2n) is 4.82. The molecule has 20 heavy (non-hydrogen) atoms. The lowest BCUT2D eigenvalue weighted by Gasteiger charge is -2.07. The van der Waals surface area contributed by atoms with Crippen molar-refractivity contribution in [3.05, 3.63) is 70.1 Å². The number of ether oxygens (including phenoxy) is 1. The molecule has 0 spiro atoms. The molecular weight excluding hydrogens is 252 g/mol. The Labute approximate surface area is 116 Å². The standard InChI is InChI=1S/C17H14O3/c1-11-4-3-5-13(8-11)19-14-6-7-15-12(2)9-17(18)20-16(15)10-14/h3-10H,1-2H3. The minimum atomic E-state index is -0.345. The maximum Gasteiger partial charge on any atom is 0.336 e. The minimum Gasteiger partial charge on any atom is -0.457 e. The summed E-state index contributed by atoms with van der Waals surface area (Å²) < 4.78 is 11.0. The maximum absolute atomic E-state index is 11.4. The van der Waals surface area contributed by atoms with Gasteiger partial charge in [-0.25, -0.2) is 4.79 Å². The van der Waals surface area contributed by atoms with Gasteiger partial charge in [0.25, 0.3) is 0 Å². The number of aryl methyl sites for hydroxylation is 2. The smallest absolute Gasteiger partial charge is 0.336 e. The Morgan fingerprint density at radius 3 is 2.55 bits per heavy atom. The quantitative estimate of drug-likeness (QED) is 0.652. The number of benzene rings is 2. The van der Waals surface area contributed by atoms with Gasteiger partial charge in [0.05, 0.1) is 0 Å². The monoisotopic (exact) mass is 266 g/mol. The summed E-state index contributed by atoms with van der Waals surface area (Å²) in [6.07, 6.45) is 0. The fraction of sp³-hybridized carbons (Fsp3) is 0.118. The van der Waals surface area contributed by atoms with Crippen molar-refractivity contribution >= 4 is 11.0 Å². The van der Waals surface area contributed by atoms with E-state index in [9.17, 15) is 4.79 Å². The normalized spacial score (nSPS) is 10.7. The molecule has 3 rings (SSSR count). The van der Waals surface area contributed by atoms with Gasteiger partial charge < -0.3 is 9.15 Å². The van der Waals surface area contributed by atoms with Crippen LogP contribution < -0.4 is 10.4 Å². The highest BCUT2D eigenvalue weighted by Gasteiger charge is 2.05. The molecule has 0 amide bonds. The summed E-state index contributed by atoms with van der Waals surface area (Å²) in [5.74, 6) is 1.41. The number of hydrogen-bond acceptors (Lipinski definition) is 3. The van der Waals surface area contributed by atoms with Gasteiger partial charge in [-0.2, -0.15) is 0 Å². The molecule has 0 atom stereocenters. The topological polar surface area (TPSA) is 39.4 Å². The molecule has 0 fully saturated rings. The van der Waals surface area contributed by atoms with Crippen molar-refractivity contribution in [2.24, 2.45) is 0 Å². The van der Waals surface area contributed by atoms with Gasteiger partial charge in [-0.3, -0.25) is 0 Å². The largest absolute Gasteiger partial charge is 0.457 e. The SMILES string of the molecule is Cc1cccc(Oc2ccc3c(C)cc(=O)oc3c2)c1. The van der Waals surface area contributed by atoms with Crippen LogP contribution in [0.4, 0.5) is 0 Å². The molecule has 3 nitrogen and oxygen atoms in total. The average molecular weight is 266 g/mol. The highest BCUT2D eigenvalue weighted by atomic mass is 16.5. The van der Waals surface area contributed by atoms with E-state index in [4.69, 9.17) is 9.15 Å². The van der Waals surface area contributed by atoms with Crippen molar-refractivity contribution in [3.63, 3.8) is 0 Å². The van der Waals surface area contributed by atoms with Crippen LogP contribution in [0.25, 0.3) is 11.0 Å². The summed E-state index contributed by atoms with van der Waals surface area (Å²) in [4.78, 5) is 11.4. The summed E-state index contributed by atoms with van der Waals surface area (Å²) in [6, 6.07) is 14.8. The van der Waals surface area contributed by atoms with Gasteiger partial charge in [0, 0.05) is 17.5 Å². The highest BCUT2D eigenvalue weighted by molar-refractivity contribution is 5.81. The van der Waals surface area contributed by atoms with E-state index in [-0.39, 0.29) is 5.63 Å². The van der Waals surface area contributed by atoms with Gasteiger partial charge in [-0.15, -0.1) is 0 Å². The van der Waals surface area contributed by atoms with Crippen LogP contribution in [-0.4, -0.2) is 0 Å². The summed E-state index contributed by atoms with van der Waals surface area (Å²) in [5, 5.41) is 0.918. The van der Waals surface area contributed by atoms with E-state index in [0.29, 0.717) is 11.3 Å². The Morgan fingerprint density at radius 2 is 1.75 bits per heavy atom. The van der Waals surface area contributed by atoms with Crippen molar-refractivity contribution in [2.45, 2.75) is 13.8 Å². The molecule has 3 aromatic rings. The lowest BCUT2D eigenvalue weighted by atomic mass is 10.1. The third-order valence-corrected chi connectivity index (χ3v) is 3.15. The van der Waals surface area contributed by atoms with Crippen molar-refractivity contribution in [3.8, 4) is 11.5 Å². The first kappa shape index (κ1) is 12.5. The van der Waals surface area contributed by atoms with Crippen molar-refractivity contribution in [1.29, 1.82) is 0 Å². The second kappa shape index (κ2) is 4.85. The summed E-state index contributed by atoms with van der Waals surface area (Å²) in [7, 11) is 0. The van der Waals surface area contributed by atoms with Crippen LogP contribution in [0.2, 0.25) is 0 Å². The van der Waals surface area contributed by atoms with Gasteiger partial charge in [0.2, 0.25) is 0 Å². The van der Waals surface area contributed by atoms with Crippen LogP contribution in [0.1, 0.15) is 11.1 Å². The van der Waals surface area contributed by atoms with Crippen LogP contribution in [0.3, 0.4) is 0 Å². The molecule has 1 aromatic heterocycles. The molecule has 0 aliphatic rings. The molecule has 0 saturated heterocycles. The van der Waals surface area contributed by atoms with Crippen molar-refractivity contribution in [2.75, 3.05) is 0 Å². The van der Waals surface area contributed by atoms with E-state index in [1.165, 1.54) is 6.07 Å². The molecule has 0 aliphatic heterocycles. The zero-order chi connectivity index (χ0) is 14.1. The van der Waals surface area contributed by atoms with Crippen LogP contribution in [-0.2, 0) is 0 Å². The van der Waals surface area contributed by atoms with Gasteiger partial charge >= 0.3 is 5.63 Å². The molecule has 0 unspecified atom stereocenters. The third-order valence-electron chi connectivity index (χ3n) is 3.15. The number of hydrogen-bond donors (Lipinski definition) is 0. The van der Waals surface area contributed by atoms with Crippen molar-refractivity contribution in [1.82, 2.24) is 0 Å². The van der Waals surface area contributed by atoms with E-state index in [0.717, 1.165) is 22.3 Å². The lowest BCUT2D eigenvalue weighted by molar-refractivity contribution is 0.480. The molecule has 2 aromatic carbocycles. The fourth-order valence-corrected chi connectivity index (χ4v) is 2.18. The predicted molar refractivity (Wildman–Crippen MR) is 78.5 cm³/mol. The minimum absolute atomic E-state index is 0.345. The van der Waals surface area contributed by atoms with E-state index >= 15 is 0 Å². The maximum atomic E-state index is 11.4. The molecule has 1 heterocycles. The molecule has 0 radical (unpaired) electrons. The Hall–Kier alpha value is -2.55. The van der Waals surface area contributed by atoms with Crippen LogP contribution in [0.15, 0.2) is 57.7 Å². The Balaban J connectivity index is 2.03. The predicted octanol–water partition coefficient (Wildman–Crippen LogP) is 4.20. The van der Waals surface area contributed by atoms with Crippen LogP contribution in [0.5, 0.6) is 11.5 Å². The first-order valence-electron chi connectivity index (χ1n) is 6.41. The van der Waals surface area contributed by atoms with Gasteiger partial charge in [0.15, 0.2) is 0 Å². The molecule has 0 N–H and O–H groups in total. The second-order valence-corrected chi connectivity index (χ2v) is 4.82. The van der Waals surface area contributed by atoms with Crippen LogP contribution >= 0.6 is 0 Å². The van der Waals surface area contributed by atoms with E-state index in [1.807, 2.05) is 50.2 Å². The van der Waals surface area contributed by atoms with Crippen molar-refractivity contribution < 1.29 is 9.15 Å². The van der Waals surface area contributed by atoms with E-state index < -0.39 is 0 Å². The molecule has 0 aliphatic carbocycles. The summed E-state index contributed by atoms with van der Waals surface area (Å²) in [5.41, 5.74) is 2.23. The molecule has 0 bridgehead atoms. The molecule has 0 saturated carbocycles. The van der Waals surface area contributed by atoms with E-state index in [1.54, 1.807) is 6.07 Å². The van der Waals surface area contributed by atoms with E-state index in [2.05, 4.69) is 0 Å². The number of rotatable bonds is 2. The highest BCUT2D eigenvalue weighted by Crippen LogP contribution is 2.26. The third kappa shape index (κ3) is 2.43. The van der Waals surface area contributed by atoms with Gasteiger partial charge in [-0.1, -0.05) is 12.1 Å². The number of fused-ring (bicyclic) bond motifs is 1. The van der Waals surface area contributed by atoms with Crippen LogP contribution in [0, 0.1) is 13.8 Å². The Kier molecular flexibility index (Phi) is 3.03. The first-order valence-corrected chi connectivity index (χ1v) is 6.41. The Bertz CT molecular complexity index is 831. The van der Waals surface area contributed by atoms with Gasteiger partial charge in [0.1, 0.15) is 17.1 Å². The molecular formula is C17H14O3. The lowest BCUT2D eigenvalue weighted by Crippen LogP contribution is -1.97. The summed E-state index contributed by atoms with van der Waals surface area (Å²) in [6.45, 7) is 3.90.